The van der Waals surface area contributed by atoms with Crippen LogP contribution in [0.3, 0.4) is 0 Å². The molecule has 0 bridgehead atoms. The molecule has 1 aliphatic carbocycles. The normalized spacial score (nSPS) is 30.4. The third kappa shape index (κ3) is 4.25. The molecule has 4 heteroatoms. The second-order valence-electron chi connectivity index (χ2n) is 5.53. The maximum absolute atomic E-state index is 12.3. The Bertz CT molecular complexity index is 313. The van der Waals surface area contributed by atoms with Gasteiger partial charge in [-0.15, -0.1) is 0 Å². The molecule has 17 heavy (non-hydrogen) atoms. The van der Waals surface area contributed by atoms with E-state index in [2.05, 4.69) is 13.8 Å². The molecule has 0 aromatic rings. The van der Waals surface area contributed by atoms with Gasteiger partial charge in [0.15, 0.2) is 9.84 Å². The van der Waals surface area contributed by atoms with Crippen molar-refractivity contribution in [3.05, 3.63) is 0 Å². The Morgan fingerprint density at radius 3 is 2.53 bits per heavy atom. The number of unbranched alkanes of at least 4 members (excludes halogenated alkanes) is 2. The largest absolute Gasteiger partial charge is 0.330 e. The minimum absolute atomic E-state index is 0.173. The maximum atomic E-state index is 12.3. The fraction of sp³-hybridized carbons (Fsp3) is 1.00. The molecule has 0 saturated heterocycles. The molecule has 102 valence electrons. The maximum Gasteiger partial charge on any atom is 0.153 e. The van der Waals surface area contributed by atoms with E-state index in [0.29, 0.717) is 18.2 Å². The number of sulfone groups is 1. The summed E-state index contributed by atoms with van der Waals surface area (Å²) in [5, 5.41) is -0.173. The van der Waals surface area contributed by atoms with Crippen LogP contribution in [0.1, 0.15) is 52.4 Å². The first-order valence-electron chi connectivity index (χ1n) is 6.92. The van der Waals surface area contributed by atoms with Crippen molar-refractivity contribution in [3.8, 4) is 0 Å². The van der Waals surface area contributed by atoms with E-state index in [0.717, 1.165) is 38.5 Å². The molecule has 0 radical (unpaired) electrons. The zero-order valence-electron chi connectivity index (χ0n) is 11.2. The van der Waals surface area contributed by atoms with Crippen molar-refractivity contribution in [3.63, 3.8) is 0 Å². The molecule has 0 aliphatic heterocycles. The van der Waals surface area contributed by atoms with Crippen molar-refractivity contribution in [2.75, 3.05) is 12.3 Å². The van der Waals surface area contributed by atoms with Crippen LogP contribution >= 0.6 is 0 Å². The zero-order chi connectivity index (χ0) is 12.9. The molecule has 3 unspecified atom stereocenters. The Morgan fingerprint density at radius 1 is 1.24 bits per heavy atom. The van der Waals surface area contributed by atoms with Crippen molar-refractivity contribution in [2.24, 2.45) is 17.6 Å². The third-order valence-corrected chi connectivity index (χ3v) is 6.34. The fourth-order valence-electron chi connectivity index (χ4n) is 2.81. The van der Waals surface area contributed by atoms with Gasteiger partial charge in [0.25, 0.3) is 0 Å². The summed E-state index contributed by atoms with van der Waals surface area (Å²) in [7, 11) is -2.93. The SMILES string of the molecule is CCCCCS(=O)(=O)C1CC(C)CCC1CN. The van der Waals surface area contributed by atoms with E-state index in [9.17, 15) is 8.42 Å². The van der Waals surface area contributed by atoms with Gasteiger partial charge in [0.05, 0.1) is 11.0 Å². The predicted octanol–water partition coefficient (Wildman–Crippen LogP) is 2.35. The highest BCUT2D eigenvalue weighted by atomic mass is 32.2. The fourth-order valence-corrected chi connectivity index (χ4v) is 5.17. The molecule has 1 saturated carbocycles. The lowest BCUT2D eigenvalue weighted by Crippen LogP contribution is -2.40. The summed E-state index contributed by atoms with van der Waals surface area (Å²) in [4.78, 5) is 0. The minimum atomic E-state index is -2.93. The monoisotopic (exact) mass is 261 g/mol. The van der Waals surface area contributed by atoms with Crippen LogP contribution in [0, 0.1) is 11.8 Å². The lowest BCUT2D eigenvalue weighted by molar-refractivity contribution is 0.296. The van der Waals surface area contributed by atoms with Crippen LogP contribution in [0.2, 0.25) is 0 Å². The van der Waals surface area contributed by atoms with Gasteiger partial charge in [-0.3, -0.25) is 0 Å². The van der Waals surface area contributed by atoms with Crippen molar-refractivity contribution in [2.45, 2.75) is 57.6 Å². The molecule has 0 amide bonds. The number of nitrogens with two attached hydrogens (primary N) is 1. The molecule has 0 heterocycles. The molecule has 0 spiro atoms. The summed E-state index contributed by atoms with van der Waals surface area (Å²) in [6.45, 7) is 4.77. The van der Waals surface area contributed by atoms with Crippen molar-refractivity contribution in [1.82, 2.24) is 0 Å². The Kier molecular flexibility index (Phi) is 5.93. The molecule has 2 N–H and O–H groups in total. The summed E-state index contributed by atoms with van der Waals surface area (Å²) >= 11 is 0. The van der Waals surface area contributed by atoms with Crippen molar-refractivity contribution < 1.29 is 8.42 Å². The molecule has 1 fully saturated rings. The van der Waals surface area contributed by atoms with E-state index in [1.54, 1.807) is 0 Å². The molecule has 3 nitrogen and oxygen atoms in total. The number of rotatable bonds is 6. The van der Waals surface area contributed by atoms with Gasteiger partial charge >= 0.3 is 0 Å². The van der Waals surface area contributed by atoms with Crippen LogP contribution in [0.4, 0.5) is 0 Å². The Labute approximate surface area is 106 Å². The zero-order valence-corrected chi connectivity index (χ0v) is 12.0. The molecule has 3 atom stereocenters. The van der Waals surface area contributed by atoms with Gasteiger partial charge in [0.1, 0.15) is 0 Å². The third-order valence-electron chi connectivity index (χ3n) is 3.99. The van der Waals surface area contributed by atoms with E-state index in [1.807, 2.05) is 0 Å². The second kappa shape index (κ2) is 6.74. The molecule has 1 rings (SSSR count). The smallest absolute Gasteiger partial charge is 0.153 e. The van der Waals surface area contributed by atoms with Crippen LogP contribution in [0.25, 0.3) is 0 Å². The minimum Gasteiger partial charge on any atom is -0.330 e. The second-order valence-corrected chi connectivity index (χ2v) is 7.87. The highest BCUT2D eigenvalue weighted by molar-refractivity contribution is 7.92. The average molecular weight is 261 g/mol. The Balaban J connectivity index is 2.65. The first-order valence-corrected chi connectivity index (χ1v) is 8.64. The van der Waals surface area contributed by atoms with E-state index in [-0.39, 0.29) is 11.2 Å². The first-order chi connectivity index (χ1) is 8.01. The standard InChI is InChI=1S/C13H27NO2S/c1-3-4-5-8-17(15,16)13-9-11(2)6-7-12(13)10-14/h11-13H,3-10,14H2,1-2H3. The van der Waals surface area contributed by atoms with E-state index >= 15 is 0 Å². The molecule has 0 aromatic carbocycles. The lowest BCUT2D eigenvalue weighted by Gasteiger charge is -2.33. The van der Waals surface area contributed by atoms with Gasteiger partial charge in [-0.1, -0.05) is 33.1 Å². The first kappa shape index (κ1) is 15.0. The molecular formula is C13H27NO2S. The summed E-state index contributed by atoms with van der Waals surface area (Å²) < 4.78 is 24.6. The van der Waals surface area contributed by atoms with Gasteiger partial charge in [-0.05, 0) is 37.6 Å². The van der Waals surface area contributed by atoms with Crippen molar-refractivity contribution in [1.29, 1.82) is 0 Å². The quantitative estimate of drug-likeness (QED) is 0.747. The van der Waals surface area contributed by atoms with Crippen LogP contribution in [-0.4, -0.2) is 26.0 Å². The lowest BCUT2D eigenvalue weighted by atomic mass is 9.82. The summed E-state index contributed by atoms with van der Waals surface area (Å²) in [5.74, 6) is 1.08. The predicted molar refractivity (Wildman–Crippen MR) is 72.7 cm³/mol. The van der Waals surface area contributed by atoms with E-state index < -0.39 is 9.84 Å². The summed E-state index contributed by atoms with van der Waals surface area (Å²) in [6, 6.07) is 0. The topological polar surface area (TPSA) is 60.2 Å². The van der Waals surface area contributed by atoms with Gasteiger partial charge < -0.3 is 5.73 Å². The molecular weight excluding hydrogens is 234 g/mol. The van der Waals surface area contributed by atoms with Crippen molar-refractivity contribution >= 4 is 9.84 Å². The summed E-state index contributed by atoms with van der Waals surface area (Å²) in [5.41, 5.74) is 5.73. The van der Waals surface area contributed by atoms with Gasteiger partial charge in [0.2, 0.25) is 0 Å². The molecule has 1 aliphatic rings. The highest BCUT2D eigenvalue weighted by Gasteiger charge is 2.36. The summed E-state index contributed by atoms with van der Waals surface area (Å²) in [6.07, 6.45) is 5.81. The number of hydrogen-bond donors (Lipinski definition) is 1. The Hall–Kier alpha value is -0.0900. The van der Waals surface area contributed by atoms with E-state index in [1.165, 1.54) is 0 Å². The van der Waals surface area contributed by atoms with Gasteiger partial charge in [0, 0.05) is 0 Å². The Morgan fingerprint density at radius 2 is 1.94 bits per heavy atom. The van der Waals surface area contributed by atoms with Crippen LogP contribution < -0.4 is 5.73 Å². The number of hydrogen-bond acceptors (Lipinski definition) is 3. The van der Waals surface area contributed by atoms with Crippen LogP contribution in [0.15, 0.2) is 0 Å². The highest BCUT2D eigenvalue weighted by Crippen LogP contribution is 2.33. The van der Waals surface area contributed by atoms with Gasteiger partial charge in [-0.25, -0.2) is 8.42 Å². The molecule has 0 aromatic heterocycles. The van der Waals surface area contributed by atoms with Crippen LogP contribution in [0.5, 0.6) is 0 Å². The van der Waals surface area contributed by atoms with E-state index in [4.69, 9.17) is 5.73 Å². The van der Waals surface area contributed by atoms with Gasteiger partial charge in [-0.2, -0.15) is 0 Å². The average Bonchev–Trinajstić information content (AvgIpc) is 2.29. The van der Waals surface area contributed by atoms with Crippen LogP contribution in [-0.2, 0) is 9.84 Å².